The second kappa shape index (κ2) is 10.6. The Bertz CT molecular complexity index is 597. The number of benzene rings is 1. The molecule has 0 bridgehead atoms. The summed E-state index contributed by atoms with van der Waals surface area (Å²) in [5, 5.41) is 16.5. The Kier molecular flexibility index (Phi) is 8.16. The standard InChI is InChI=1S/C20H31N3O2/c1-3-21-20(22-13-12-16-8-6-5-7-9-16)23-15-17-10-11-18(24)19(14-17)25-4-2/h8,10-11,14,24H,3-7,9,12-13,15H2,1-2H3,(H2,21,22,23). The van der Waals surface area contributed by atoms with E-state index in [9.17, 15) is 5.11 Å². The van der Waals surface area contributed by atoms with Gasteiger partial charge in [-0.1, -0.05) is 17.7 Å². The van der Waals surface area contributed by atoms with Gasteiger partial charge in [-0.25, -0.2) is 4.99 Å². The van der Waals surface area contributed by atoms with E-state index in [1.165, 1.54) is 25.7 Å². The number of rotatable bonds is 8. The Balaban J connectivity index is 1.89. The summed E-state index contributed by atoms with van der Waals surface area (Å²) in [7, 11) is 0. The zero-order valence-electron chi connectivity index (χ0n) is 15.5. The molecule has 138 valence electrons. The smallest absolute Gasteiger partial charge is 0.191 e. The van der Waals surface area contributed by atoms with Crippen molar-refractivity contribution in [2.75, 3.05) is 19.7 Å². The maximum atomic E-state index is 9.78. The Labute approximate surface area is 151 Å². The second-order valence-corrected chi connectivity index (χ2v) is 6.22. The molecule has 0 spiro atoms. The van der Waals surface area contributed by atoms with Gasteiger partial charge in [0.1, 0.15) is 0 Å². The minimum Gasteiger partial charge on any atom is -0.504 e. The first kappa shape index (κ1) is 19.2. The third-order valence-corrected chi connectivity index (χ3v) is 4.21. The van der Waals surface area contributed by atoms with Crippen molar-refractivity contribution >= 4 is 5.96 Å². The summed E-state index contributed by atoms with van der Waals surface area (Å²) >= 11 is 0. The molecule has 5 heteroatoms. The molecule has 2 rings (SSSR count). The SMILES string of the molecule is CCNC(=NCc1ccc(O)c(OCC)c1)NCCC1=CCCCC1. The van der Waals surface area contributed by atoms with Crippen LogP contribution in [0.25, 0.3) is 0 Å². The molecule has 1 aliphatic carbocycles. The molecular weight excluding hydrogens is 314 g/mol. The molecule has 1 aliphatic rings. The summed E-state index contributed by atoms with van der Waals surface area (Å²) in [5.41, 5.74) is 2.57. The van der Waals surface area contributed by atoms with Gasteiger partial charge in [-0.2, -0.15) is 0 Å². The molecule has 0 aromatic heterocycles. The van der Waals surface area contributed by atoms with Crippen LogP contribution in [0.2, 0.25) is 0 Å². The largest absolute Gasteiger partial charge is 0.504 e. The van der Waals surface area contributed by atoms with E-state index in [1.807, 2.05) is 19.1 Å². The molecule has 0 amide bonds. The Hall–Kier alpha value is -2.17. The predicted molar refractivity (Wildman–Crippen MR) is 103 cm³/mol. The van der Waals surface area contributed by atoms with Gasteiger partial charge in [0.15, 0.2) is 17.5 Å². The lowest BCUT2D eigenvalue weighted by Gasteiger charge is -2.15. The lowest BCUT2D eigenvalue weighted by Crippen LogP contribution is -2.37. The van der Waals surface area contributed by atoms with Crippen molar-refractivity contribution < 1.29 is 9.84 Å². The van der Waals surface area contributed by atoms with Gasteiger partial charge in [0, 0.05) is 13.1 Å². The van der Waals surface area contributed by atoms with Gasteiger partial charge >= 0.3 is 0 Å². The van der Waals surface area contributed by atoms with Crippen LogP contribution in [0.4, 0.5) is 0 Å². The number of guanidine groups is 1. The van der Waals surface area contributed by atoms with Gasteiger partial charge < -0.3 is 20.5 Å². The average Bonchev–Trinajstić information content (AvgIpc) is 2.63. The third kappa shape index (κ3) is 6.69. The van der Waals surface area contributed by atoms with Crippen LogP contribution in [-0.2, 0) is 6.54 Å². The summed E-state index contributed by atoms with van der Waals surface area (Å²) in [6.07, 6.45) is 8.59. The molecule has 0 atom stereocenters. The Morgan fingerprint density at radius 3 is 2.84 bits per heavy atom. The highest BCUT2D eigenvalue weighted by Crippen LogP contribution is 2.27. The molecule has 0 heterocycles. The molecule has 5 nitrogen and oxygen atoms in total. The second-order valence-electron chi connectivity index (χ2n) is 6.22. The first-order chi connectivity index (χ1) is 12.2. The van der Waals surface area contributed by atoms with Gasteiger partial charge in [0.2, 0.25) is 0 Å². The van der Waals surface area contributed by atoms with E-state index in [1.54, 1.807) is 11.6 Å². The van der Waals surface area contributed by atoms with Crippen molar-refractivity contribution in [3.05, 3.63) is 35.4 Å². The summed E-state index contributed by atoms with van der Waals surface area (Å²) < 4.78 is 5.43. The monoisotopic (exact) mass is 345 g/mol. The zero-order chi connectivity index (χ0) is 17.9. The summed E-state index contributed by atoms with van der Waals surface area (Å²) in [6, 6.07) is 5.38. The number of aliphatic imine (C=N–C) groups is 1. The molecule has 1 aromatic carbocycles. The molecule has 0 saturated carbocycles. The number of nitrogens with zero attached hydrogens (tertiary/aromatic N) is 1. The van der Waals surface area contributed by atoms with Crippen molar-refractivity contribution in [3.8, 4) is 11.5 Å². The van der Waals surface area contributed by atoms with Crippen LogP contribution in [0.1, 0.15) is 51.5 Å². The quantitative estimate of drug-likeness (QED) is 0.381. The zero-order valence-corrected chi connectivity index (χ0v) is 15.5. The molecule has 0 saturated heterocycles. The van der Waals surface area contributed by atoms with Crippen molar-refractivity contribution in [3.63, 3.8) is 0 Å². The fourth-order valence-corrected chi connectivity index (χ4v) is 2.91. The van der Waals surface area contributed by atoms with E-state index in [2.05, 4.69) is 28.6 Å². The van der Waals surface area contributed by atoms with E-state index >= 15 is 0 Å². The number of phenolic OH excluding ortho intramolecular Hbond substituents is 1. The normalized spacial score (nSPS) is 14.8. The minimum atomic E-state index is 0.167. The molecule has 0 aliphatic heterocycles. The van der Waals surface area contributed by atoms with Gasteiger partial charge in [0.05, 0.1) is 13.2 Å². The first-order valence-electron chi connectivity index (χ1n) is 9.37. The molecule has 0 fully saturated rings. The number of ether oxygens (including phenoxy) is 1. The lowest BCUT2D eigenvalue weighted by atomic mass is 9.97. The maximum Gasteiger partial charge on any atom is 0.191 e. The van der Waals surface area contributed by atoms with Crippen LogP contribution >= 0.6 is 0 Å². The fraction of sp³-hybridized carbons (Fsp3) is 0.550. The van der Waals surface area contributed by atoms with E-state index in [4.69, 9.17) is 4.74 Å². The van der Waals surface area contributed by atoms with Crippen LogP contribution in [0.15, 0.2) is 34.8 Å². The van der Waals surface area contributed by atoms with E-state index in [0.717, 1.165) is 31.0 Å². The van der Waals surface area contributed by atoms with Gasteiger partial charge in [0.25, 0.3) is 0 Å². The molecular formula is C20H31N3O2. The molecule has 25 heavy (non-hydrogen) atoms. The van der Waals surface area contributed by atoms with Crippen molar-refractivity contribution in [1.29, 1.82) is 0 Å². The Morgan fingerprint density at radius 2 is 2.12 bits per heavy atom. The summed E-state index contributed by atoms with van der Waals surface area (Å²) in [5.74, 6) is 1.50. The number of allylic oxidation sites excluding steroid dienone is 1. The van der Waals surface area contributed by atoms with Crippen molar-refractivity contribution in [2.45, 2.75) is 52.5 Å². The van der Waals surface area contributed by atoms with Gasteiger partial charge in [-0.3, -0.25) is 0 Å². The van der Waals surface area contributed by atoms with Crippen molar-refractivity contribution in [1.82, 2.24) is 10.6 Å². The van der Waals surface area contributed by atoms with Gasteiger partial charge in [-0.05, 0) is 63.6 Å². The summed E-state index contributed by atoms with van der Waals surface area (Å²) in [4.78, 5) is 4.64. The summed E-state index contributed by atoms with van der Waals surface area (Å²) in [6.45, 7) is 6.76. The first-order valence-corrected chi connectivity index (χ1v) is 9.37. The van der Waals surface area contributed by atoms with Crippen LogP contribution < -0.4 is 15.4 Å². The van der Waals surface area contributed by atoms with Crippen LogP contribution in [-0.4, -0.2) is 30.8 Å². The Morgan fingerprint density at radius 1 is 1.24 bits per heavy atom. The highest BCUT2D eigenvalue weighted by atomic mass is 16.5. The van der Waals surface area contributed by atoms with E-state index in [-0.39, 0.29) is 5.75 Å². The number of aromatic hydroxyl groups is 1. The topological polar surface area (TPSA) is 65.9 Å². The number of nitrogens with one attached hydrogen (secondary N) is 2. The number of hydrogen-bond donors (Lipinski definition) is 3. The highest BCUT2D eigenvalue weighted by molar-refractivity contribution is 5.79. The third-order valence-electron chi connectivity index (χ3n) is 4.21. The number of hydrogen-bond acceptors (Lipinski definition) is 3. The van der Waals surface area contributed by atoms with Crippen LogP contribution in [0, 0.1) is 0 Å². The minimum absolute atomic E-state index is 0.167. The van der Waals surface area contributed by atoms with Crippen molar-refractivity contribution in [2.24, 2.45) is 4.99 Å². The average molecular weight is 345 g/mol. The molecule has 0 radical (unpaired) electrons. The van der Waals surface area contributed by atoms with Gasteiger partial charge in [-0.15, -0.1) is 0 Å². The predicted octanol–water partition coefficient (Wildman–Crippen LogP) is 3.74. The molecule has 3 N–H and O–H groups in total. The molecule has 0 unspecified atom stereocenters. The van der Waals surface area contributed by atoms with Crippen LogP contribution in [0.3, 0.4) is 0 Å². The molecule has 1 aromatic rings. The maximum absolute atomic E-state index is 9.78. The lowest BCUT2D eigenvalue weighted by molar-refractivity contribution is 0.318. The number of phenols is 1. The highest BCUT2D eigenvalue weighted by Gasteiger charge is 2.05. The fourth-order valence-electron chi connectivity index (χ4n) is 2.91. The van der Waals surface area contributed by atoms with E-state index < -0.39 is 0 Å². The van der Waals surface area contributed by atoms with Crippen LogP contribution in [0.5, 0.6) is 11.5 Å². The van der Waals surface area contributed by atoms with E-state index in [0.29, 0.717) is 18.9 Å².